The molecule has 1 unspecified atom stereocenters. The number of benzene rings is 2. The molecule has 36 heavy (non-hydrogen) atoms. The molecule has 2 amide bonds. The number of fused-ring (bicyclic) bond motifs is 5. The maximum atomic E-state index is 13.0. The second-order valence-corrected chi connectivity index (χ2v) is 11.2. The summed E-state index contributed by atoms with van der Waals surface area (Å²) >= 11 is 0. The first-order valence-corrected chi connectivity index (χ1v) is 14.4. The third-order valence-corrected chi connectivity index (χ3v) is 5.26. The summed E-state index contributed by atoms with van der Waals surface area (Å²) in [7, 11) is -5.40. The summed E-state index contributed by atoms with van der Waals surface area (Å²) in [4.78, 5) is 27.1. The minimum atomic E-state index is -3.67. The molecule has 0 bridgehead atoms. The summed E-state index contributed by atoms with van der Waals surface area (Å²) in [5.74, 6) is -0.474. The molecule has 1 aromatic heterocycles. The minimum Gasteiger partial charge on any atom is -0.343 e. The predicted octanol–water partition coefficient (Wildman–Crippen LogP) is 1.00. The number of imide groups is 1. The highest BCUT2D eigenvalue weighted by Crippen LogP contribution is 2.35. The number of aryl methyl sites for hydroxylation is 1. The highest BCUT2D eigenvalue weighted by atomic mass is 32.2. The Morgan fingerprint density at radius 2 is 1.44 bits per heavy atom. The molecule has 3 aromatic rings. The molecule has 0 aliphatic carbocycles. The quantitative estimate of drug-likeness (QED) is 0.266. The van der Waals surface area contributed by atoms with Crippen molar-refractivity contribution in [2.75, 3.05) is 25.6 Å². The van der Waals surface area contributed by atoms with Crippen molar-refractivity contribution in [3.05, 3.63) is 47.5 Å². The molecule has 0 fully saturated rings. The maximum Gasteiger partial charge on any atom is 0.263 e. The zero-order chi connectivity index (χ0) is 27.4. The molecule has 1 aliphatic heterocycles. The molecular formula is C22H30N4O8S2. The fourth-order valence-electron chi connectivity index (χ4n) is 3.89. The van der Waals surface area contributed by atoms with Gasteiger partial charge in [0.05, 0.1) is 29.2 Å². The molecule has 0 saturated carbocycles. The average Bonchev–Trinajstić information content (AvgIpc) is 3.16. The molecule has 4 rings (SSSR count). The van der Waals surface area contributed by atoms with Crippen LogP contribution < -0.4 is 11.5 Å². The molecule has 14 heteroatoms. The standard InChI is InChI=1S/C20H22N4O2.2CH4O3S/c1-23-16-5-3-2-4-13(16)14-6-7-15-17(18(14)23)20(26)24(19(15)25)11-9-12(22)8-10-21;2*1-5(2,3)4/h2-7,12H,8-11,21-22H2,1H3;2*1H3,(H,2,3,4). The number of carbonyl (C=O) groups is 2. The van der Waals surface area contributed by atoms with Crippen LogP contribution in [0.25, 0.3) is 21.8 Å². The van der Waals surface area contributed by atoms with Crippen molar-refractivity contribution in [1.29, 1.82) is 0 Å². The summed E-state index contributed by atoms with van der Waals surface area (Å²) in [6.45, 7) is 0.818. The average molecular weight is 543 g/mol. The number of para-hydroxylation sites is 1. The Labute approximate surface area is 209 Å². The third-order valence-electron chi connectivity index (χ3n) is 5.26. The van der Waals surface area contributed by atoms with Gasteiger partial charge in [-0.05, 0) is 31.5 Å². The lowest BCUT2D eigenvalue weighted by molar-refractivity contribution is 0.0650. The van der Waals surface area contributed by atoms with Gasteiger partial charge in [-0.3, -0.25) is 23.6 Å². The molecule has 2 heterocycles. The van der Waals surface area contributed by atoms with E-state index in [4.69, 9.17) is 20.6 Å². The number of hydrogen-bond acceptors (Lipinski definition) is 8. The van der Waals surface area contributed by atoms with E-state index in [0.29, 0.717) is 49.6 Å². The zero-order valence-electron chi connectivity index (χ0n) is 20.1. The second-order valence-electron chi connectivity index (χ2n) is 8.31. The van der Waals surface area contributed by atoms with Gasteiger partial charge in [0.25, 0.3) is 32.1 Å². The van der Waals surface area contributed by atoms with Gasteiger partial charge in [0, 0.05) is 35.9 Å². The normalized spacial score (nSPS) is 14.2. The van der Waals surface area contributed by atoms with Crippen LogP contribution in [-0.2, 0) is 27.3 Å². The Kier molecular flexibility index (Phi) is 9.34. The van der Waals surface area contributed by atoms with Crippen LogP contribution in [0, 0.1) is 0 Å². The van der Waals surface area contributed by atoms with Crippen LogP contribution in [0.1, 0.15) is 33.6 Å². The van der Waals surface area contributed by atoms with E-state index >= 15 is 0 Å². The highest BCUT2D eigenvalue weighted by Gasteiger charge is 2.38. The molecule has 1 atom stereocenters. The van der Waals surface area contributed by atoms with E-state index in [0.717, 1.165) is 21.8 Å². The largest absolute Gasteiger partial charge is 0.343 e. The number of rotatable bonds is 5. The van der Waals surface area contributed by atoms with Gasteiger partial charge in [0.15, 0.2) is 0 Å². The maximum absolute atomic E-state index is 13.0. The van der Waals surface area contributed by atoms with Crippen molar-refractivity contribution in [3.8, 4) is 0 Å². The number of nitrogens with zero attached hydrogens (tertiary/aromatic N) is 2. The van der Waals surface area contributed by atoms with Gasteiger partial charge in [-0.15, -0.1) is 0 Å². The molecule has 6 N–H and O–H groups in total. The Morgan fingerprint density at radius 1 is 0.889 bits per heavy atom. The van der Waals surface area contributed by atoms with Gasteiger partial charge in [-0.1, -0.05) is 24.3 Å². The van der Waals surface area contributed by atoms with E-state index in [2.05, 4.69) is 0 Å². The van der Waals surface area contributed by atoms with Gasteiger partial charge >= 0.3 is 0 Å². The highest BCUT2D eigenvalue weighted by molar-refractivity contribution is 7.85. The number of hydrogen-bond donors (Lipinski definition) is 4. The van der Waals surface area contributed by atoms with Crippen molar-refractivity contribution in [2.45, 2.75) is 18.9 Å². The lowest BCUT2D eigenvalue weighted by atomic mass is 10.0. The number of carbonyl (C=O) groups excluding carboxylic acids is 2. The number of nitrogens with two attached hydrogens (primary N) is 2. The molecular weight excluding hydrogens is 512 g/mol. The Hall–Kier alpha value is -2.88. The fourth-order valence-corrected chi connectivity index (χ4v) is 3.89. The van der Waals surface area contributed by atoms with Crippen LogP contribution in [0.5, 0.6) is 0 Å². The molecule has 1 aliphatic rings. The number of amides is 2. The van der Waals surface area contributed by atoms with Gasteiger partial charge < -0.3 is 16.0 Å². The Morgan fingerprint density at radius 3 is 2.00 bits per heavy atom. The van der Waals surface area contributed by atoms with Crippen molar-refractivity contribution < 1.29 is 35.5 Å². The predicted molar refractivity (Wildman–Crippen MR) is 137 cm³/mol. The zero-order valence-corrected chi connectivity index (χ0v) is 21.7. The minimum absolute atomic E-state index is 0.109. The van der Waals surface area contributed by atoms with E-state index in [1.165, 1.54) is 4.90 Å². The summed E-state index contributed by atoms with van der Waals surface area (Å²) in [6, 6.07) is 11.6. The monoisotopic (exact) mass is 542 g/mol. The van der Waals surface area contributed by atoms with Crippen LogP contribution in [0.15, 0.2) is 36.4 Å². The Bertz CT molecular complexity index is 1450. The molecule has 12 nitrogen and oxygen atoms in total. The molecule has 0 radical (unpaired) electrons. The van der Waals surface area contributed by atoms with Crippen molar-refractivity contribution in [2.24, 2.45) is 18.5 Å². The van der Waals surface area contributed by atoms with Crippen LogP contribution in [0.3, 0.4) is 0 Å². The van der Waals surface area contributed by atoms with Gasteiger partial charge in [-0.2, -0.15) is 16.8 Å². The van der Waals surface area contributed by atoms with Gasteiger partial charge in [-0.25, -0.2) is 0 Å². The first-order valence-electron chi connectivity index (χ1n) is 10.7. The molecule has 0 spiro atoms. The van der Waals surface area contributed by atoms with Crippen LogP contribution >= 0.6 is 0 Å². The van der Waals surface area contributed by atoms with E-state index in [1.807, 2.05) is 41.9 Å². The first-order chi connectivity index (χ1) is 16.5. The number of aromatic nitrogens is 1. The van der Waals surface area contributed by atoms with Gasteiger partial charge in [0.2, 0.25) is 0 Å². The van der Waals surface area contributed by atoms with E-state index < -0.39 is 20.2 Å². The molecule has 2 aromatic carbocycles. The van der Waals surface area contributed by atoms with Crippen LogP contribution in [0.4, 0.5) is 0 Å². The van der Waals surface area contributed by atoms with Crippen LogP contribution in [0.2, 0.25) is 0 Å². The molecule has 0 saturated heterocycles. The van der Waals surface area contributed by atoms with Gasteiger partial charge in [0.1, 0.15) is 0 Å². The summed E-state index contributed by atoms with van der Waals surface area (Å²) in [6.07, 6.45) is 2.66. The first kappa shape index (κ1) is 29.4. The van der Waals surface area contributed by atoms with E-state index in [1.54, 1.807) is 6.07 Å². The third kappa shape index (κ3) is 7.56. The van der Waals surface area contributed by atoms with Crippen molar-refractivity contribution >= 4 is 53.9 Å². The smallest absolute Gasteiger partial charge is 0.263 e. The SMILES string of the molecule is CS(=O)(=O)O.CS(=O)(=O)O.Cn1c2ccccc2c2ccc3c(c21)C(=O)N(CCC(N)CCN)C3=O. The summed E-state index contributed by atoms with van der Waals surface area (Å²) < 4.78 is 53.7. The van der Waals surface area contributed by atoms with Crippen LogP contribution in [-0.4, -0.2) is 78.9 Å². The lowest BCUT2D eigenvalue weighted by Gasteiger charge is -2.16. The lowest BCUT2D eigenvalue weighted by Crippen LogP contribution is -2.35. The summed E-state index contributed by atoms with van der Waals surface area (Å²) in [5, 5.41) is 2.07. The van der Waals surface area contributed by atoms with E-state index in [9.17, 15) is 26.4 Å². The van der Waals surface area contributed by atoms with E-state index in [-0.39, 0.29) is 17.9 Å². The second kappa shape index (κ2) is 11.5. The Balaban J connectivity index is 0.000000389. The topological polar surface area (TPSA) is 203 Å². The molecule has 198 valence electrons. The summed E-state index contributed by atoms with van der Waals surface area (Å²) in [5.41, 5.74) is 14.3. The fraction of sp³-hybridized carbons (Fsp3) is 0.364. The van der Waals surface area contributed by atoms with Crippen molar-refractivity contribution in [3.63, 3.8) is 0 Å². The van der Waals surface area contributed by atoms with Crippen molar-refractivity contribution in [1.82, 2.24) is 9.47 Å².